The summed E-state index contributed by atoms with van der Waals surface area (Å²) in [5.74, 6) is -2.66. The van der Waals surface area contributed by atoms with E-state index in [9.17, 15) is 14.4 Å². The van der Waals surface area contributed by atoms with Crippen LogP contribution in [0.25, 0.3) is 0 Å². The van der Waals surface area contributed by atoms with Crippen LogP contribution in [0.3, 0.4) is 0 Å². The molecule has 9 heteroatoms. The van der Waals surface area contributed by atoms with Gasteiger partial charge in [0.15, 0.2) is 11.4 Å². The molecule has 2 N–H and O–H groups in total. The Bertz CT molecular complexity index is 738. The van der Waals surface area contributed by atoms with E-state index in [0.29, 0.717) is 4.90 Å². The molecule has 1 aliphatic rings. The normalized spacial score (nSPS) is 13.8. The summed E-state index contributed by atoms with van der Waals surface area (Å²) in [5, 5.41) is 20.0. The number of carbonyl (C=O) groups is 3. The van der Waals surface area contributed by atoms with Gasteiger partial charge in [-0.25, -0.2) is 4.99 Å². The number of thioether (sulfide) groups is 1. The molecule has 22 heavy (non-hydrogen) atoms. The van der Waals surface area contributed by atoms with Crippen molar-refractivity contribution in [3.8, 4) is 6.19 Å². The number of carboxylic acids is 1. The summed E-state index contributed by atoms with van der Waals surface area (Å²) in [6, 6.07) is 4.49. The number of hydrogen-bond donors (Lipinski definition) is 2. The predicted octanol–water partition coefficient (Wildman–Crippen LogP) is 0.788. The number of benzene rings is 1. The summed E-state index contributed by atoms with van der Waals surface area (Å²) in [4.78, 5) is 39.9. The summed E-state index contributed by atoms with van der Waals surface area (Å²) in [6.07, 6.45) is 3.41. The third-order valence-electron chi connectivity index (χ3n) is 2.85. The molecule has 0 unspecified atom stereocenters. The number of rotatable bonds is 3. The van der Waals surface area contributed by atoms with Crippen LogP contribution in [0.2, 0.25) is 0 Å². The van der Waals surface area contributed by atoms with Gasteiger partial charge in [-0.05, 0) is 18.4 Å². The highest BCUT2D eigenvalue weighted by Crippen LogP contribution is 2.31. The zero-order valence-corrected chi connectivity index (χ0v) is 12.2. The lowest BCUT2D eigenvalue weighted by atomic mass is 10.1. The van der Waals surface area contributed by atoms with Gasteiger partial charge in [-0.2, -0.15) is 5.26 Å². The quantitative estimate of drug-likeness (QED) is 0.277. The number of carboxylic acid groups (broad SMARTS) is 1. The maximum atomic E-state index is 12.3. The van der Waals surface area contributed by atoms with Gasteiger partial charge < -0.3 is 5.11 Å². The maximum Gasteiger partial charge on any atom is 0.323 e. The molecule has 1 aromatic carbocycles. The van der Waals surface area contributed by atoms with Gasteiger partial charge in [0.05, 0.1) is 16.8 Å². The maximum absolute atomic E-state index is 12.3. The number of amides is 2. The Hall–Kier alpha value is -2.86. The number of aliphatic imine (C=N–C) groups is 1. The highest BCUT2D eigenvalue weighted by Gasteiger charge is 2.38. The number of nitrogens with zero attached hydrogens (tertiary/aromatic N) is 3. The molecule has 0 atom stereocenters. The minimum atomic E-state index is -1.28. The Labute approximate surface area is 129 Å². The highest BCUT2D eigenvalue weighted by molar-refractivity contribution is 8.13. The molecule has 0 aliphatic carbocycles. The molecule has 2 rings (SSSR count). The van der Waals surface area contributed by atoms with Crippen molar-refractivity contribution < 1.29 is 19.5 Å². The van der Waals surface area contributed by atoms with Gasteiger partial charge >= 0.3 is 5.97 Å². The van der Waals surface area contributed by atoms with Crippen LogP contribution < -0.4 is 5.32 Å². The van der Waals surface area contributed by atoms with Crippen LogP contribution in [0.15, 0.2) is 23.2 Å². The van der Waals surface area contributed by atoms with Crippen LogP contribution in [0.1, 0.15) is 20.7 Å². The van der Waals surface area contributed by atoms with Gasteiger partial charge in [-0.1, -0.05) is 17.8 Å². The molecule has 0 spiro atoms. The standard InChI is InChI=1S/C13H10N4O4S/c1-22-13(15-6-14)16-8-4-2-3-7-10(8)12(21)17(11(7)20)5-9(18)19/h2-4H,5H2,1H3,(H,15,16)(H,18,19). The van der Waals surface area contributed by atoms with Gasteiger partial charge in [0, 0.05) is 0 Å². The zero-order chi connectivity index (χ0) is 16.3. The van der Waals surface area contributed by atoms with E-state index in [0.717, 1.165) is 11.8 Å². The first-order valence-electron chi connectivity index (χ1n) is 5.98. The Morgan fingerprint density at radius 3 is 2.77 bits per heavy atom. The van der Waals surface area contributed by atoms with Crippen molar-refractivity contribution in [2.45, 2.75) is 0 Å². The van der Waals surface area contributed by atoms with E-state index in [1.165, 1.54) is 18.2 Å². The molecule has 0 bridgehead atoms. The smallest absolute Gasteiger partial charge is 0.323 e. The first kappa shape index (κ1) is 15.5. The molecule has 1 aliphatic heterocycles. The summed E-state index contributed by atoms with van der Waals surface area (Å²) >= 11 is 1.16. The lowest BCUT2D eigenvalue weighted by Gasteiger charge is -2.09. The Morgan fingerprint density at radius 1 is 1.45 bits per heavy atom. The van der Waals surface area contributed by atoms with Crippen LogP contribution in [0.5, 0.6) is 0 Å². The van der Waals surface area contributed by atoms with Crippen LogP contribution in [-0.4, -0.2) is 45.8 Å². The fraction of sp³-hybridized carbons (Fsp3) is 0.154. The van der Waals surface area contributed by atoms with Gasteiger partial charge in [0.2, 0.25) is 0 Å². The van der Waals surface area contributed by atoms with Gasteiger partial charge in [0.25, 0.3) is 11.8 Å². The van der Waals surface area contributed by atoms with Gasteiger partial charge in [-0.3, -0.25) is 24.6 Å². The number of carbonyl (C=O) groups excluding carboxylic acids is 2. The third-order valence-corrected chi connectivity index (χ3v) is 3.43. The monoisotopic (exact) mass is 318 g/mol. The molecule has 0 fully saturated rings. The molecular formula is C13H10N4O4S. The number of nitriles is 1. The number of amidine groups is 1. The number of hydrogen-bond acceptors (Lipinski definition) is 6. The van der Waals surface area contributed by atoms with E-state index in [-0.39, 0.29) is 22.0 Å². The lowest BCUT2D eigenvalue weighted by Crippen LogP contribution is -2.34. The zero-order valence-electron chi connectivity index (χ0n) is 11.4. The summed E-state index contributed by atoms with van der Waals surface area (Å²) in [5.41, 5.74) is 0.348. The van der Waals surface area contributed by atoms with Crippen molar-refractivity contribution in [1.29, 1.82) is 5.26 Å². The van der Waals surface area contributed by atoms with Gasteiger partial charge in [0.1, 0.15) is 6.54 Å². The highest BCUT2D eigenvalue weighted by atomic mass is 32.2. The third kappa shape index (κ3) is 2.77. The number of imide groups is 1. The van der Waals surface area contributed by atoms with Crippen molar-refractivity contribution in [1.82, 2.24) is 10.2 Å². The fourth-order valence-corrected chi connectivity index (χ4v) is 2.31. The first-order valence-corrected chi connectivity index (χ1v) is 7.20. The molecule has 8 nitrogen and oxygen atoms in total. The van der Waals surface area contributed by atoms with E-state index in [4.69, 9.17) is 10.4 Å². The van der Waals surface area contributed by atoms with E-state index in [2.05, 4.69) is 10.3 Å². The van der Waals surface area contributed by atoms with Gasteiger partial charge in [-0.15, -0.1) is 0 Å². The second-order valence-electron chi connectivity index (χ2n) is 4.15. The molecule has 112 valence electrons. The number of fused-ring (bicyclic) bond motifs is 1. The van der Waals surface area contributed by atoms with E-state index in [1.54, 1.807) is 12.4 Å². The summed E-state index contributed by atoms with van der Waals surface area (Å²) in [7, 11) is 0. The van der Waals surface area contributed by atoms with Crippen LogP contribution in [-0.2, 0) is 4.79 Å². The topological polar surface area (TPSA) is 123 Å². The number of aliphatic carboxylic acids is 1. The molecule has 0 saturated heterocycles. The van der Waals surface area contributed by atoms with Crippen LogP contribution >= 0.6 is 11.8 Å². The molecule has 0 radical (unpaired) electrons. The average molecular weight is 318 g/mol. The van der Waals surface area contributed by atoms with E-state index >= 15 is 0 Å². The minimum Gasteiger partial charge on any atom is -0.480 e. The van der Waals surface area contributed by atoms with Crippen molar-refractivity contribution in [3.63, 3.8) is 0 Å². The van der Waals surface area contributed by atoms with Crippen molar-refractivity contribution in [3.05, 3.63) is 29.3 Å². The SMILES string of the molecule is CSC(=Nc1cccc2c1C(=O)N(CC(=O)O)C2=O)NC#N. The Kier molecular flexibility index (Phi) is 4.43. The van der Waals surface area contributed by atoms with E-state index in [1.807, 2.05) is 0 Å². The number of nitrogens with one attached hydrogen (secondary N) is 1. The van der Waals surface area contributed by atoms with Crippen molar-refractivity contribution in [2.24, 2.45) is 4.99 Å². The largest absolute Gasteiger partial charge is 0.480 e. The van der Waals surface area contributed by atoms with E-state index < -0.39 is 24.3 Å². The van der Waals surface area contributed by atoms with Crippen LogP contribution in [0, 0.1) is 11.5 Å². The summed E-state index contributed by atoms with van der Waals surface area (Å²) in [6.45, 7) is -0.707. The lowest BCUT2D eigenvalue weighted by molar-refractivity contribution is -0.137. The molecule has 1 aromatic rings. The molecule has 0 aromatic heterocycles. The Morgan fingerprint density at radius 2 is 2.18 bits per heavy atom. The molecule has 0 saturated carbocycles. The summed E-state index contributed by atoms with van der Waals surface area (Å²) < 4.78 is 0. The Balaban J connectivity index is 2.49. The van der Waals surface area contributed by atoms with Crippen LogP contribution in [0.4, 0.5) is 5.69 Å². The second-order valence-corrected chi connectivity index (χ2v) is 4.94. The first-order chi connectivity index (χ1) is 10.5. The molecule has 2 amide bonds. The minimum absolute atomic E-state index is 0.0417. The molecule has 1 heterocycles. The predicted molar refractivity (Wildman–Crippen MR) is 78.8 cm³/mol. The van der Waals surface area contributed by atoms with Crippen molar-refractivity contribution >= 4 is 40.4 Å². The fourth-order valence-electron chi connectivity index (χ4n) is 1.97. The van der Waals surface area contributed by atoms with Crippen molar-refractivity contribution in [2.75, 3.05) is 12.8 Å². The second kappa shape index (κ2) is 6.28. The average Bonchev–Trinajstić information content (AvgIpc) is 2.72. The molecular weight excluding hydrogens is 308 g/mol.